The second kappa shape index (κ2) is 6.22. The molecule has 1 aromatic rings. The van der Waals surface area contributed by atoms with E-state index in [0.717, 1.165) is 5.56 Å². The highest BCUT2D eigenvalue weighted by molar-refractivity contribution is 5.73. The maximum atomic E-state index is 11.5. The molecule has 0 bridgehead atoms. The van der Waals surface area contributed by atoms with Crippen LogP contribution in [0.3, 0.4) is 0 Å². The van der Waals surface area contributed by atoms with Crippen LogP contribution in [0.4, 0.5) is 4.79 Å². The largest absolute Gasteiger partial charge is 0.508 e. The molecule has 1 unspecified atom stereocenters. The van der Waals surface area contributed by atoms with Crippen molar-refractivity contribution in [2.45, 2.75) is 38.8 Å². The molecule has 0 radical (unpaired) electrons. The van der Waals surface area contributed by atoms with E-state index < -0.39 is 17.7 Å². The summed E-state index contributed by atoms with van der Waals surface area (Å²) < 4.78 is 5.08. The van der Waals surface area contributed by atoms with Gasteiger partial charge in [-0.2, -0.15) is 0 Å². The predicted octanol–water partition coefficient (Wildman–Crippen LogP) is 2.03. The van der Waals surface area contributed by atoms with Gasteiger partial charge in [-0.15, -0.1) is 0 Å². The van der Waals surface area contributed by atoms with Gasteiger partial charge in [-0.05, 0) is 44.9 Å². The molecule has 0 aromatic heterocycles. The van der Waals surface area contributed by atoms with E-state index in [2.05, 4.69) is 5.32 Å². The zero-order valence-electron chi connectivity index (χ0n) is 11.3. The quantitative estimate of drug-likeness (QED) is 0.817. The minimum atomic E-state index is -0.653. The van der Waals surface area contributed by atoms with Gasteiger partial charge in [0.05, 0.1) is 6.04 Å². The Bertz CT molecular complexity index is 434. The van der Waals surface area contributed by atoms with E-state index in [-0.39, 0.29) is 5.75 Å². The minimum Gasteiger partial charge on any atom is -0.508 e. The molecule has 0 saturated heterocycles. The van der Waals surface area contributed by atoms with Gasteiger partial charge in [0.2, 0.25) is 0 Å². The first-order valence-electron chi connectivity index (χ1n) is 6.03. The van der Waals surface area contributed by atoms with Crippen LogP contribution in [0.25, 0.3) is 0 Å². The zero-order chi connectivity index (χ0) is 14.5. The van der Waals surface area contributed by atoms with E-state index >= 15 is 0 Å². The summed E-state index contributed by atoms with van der Waals surface area (Å²) in [6.45, 7) is 5.26. The van der Waals surface area contributed by atoms with E-state index in [1.54, 1.807) is 32.9 Å². The molecule has 0 saturated carbocycles. The number of carbonyl (C=O) groups is 2. The highest BCUT2D eigenvalue weighted by atomic mass is 16.6. The van der Waals surface area contributed by atoms with Crippen LogP contribution < -0.4 is 5.32 Å². The molecule has 19 heavy (non-hydrogen) atoms. The van der Waals surface area contributed by atoms with E-state index in [1.165, 1.54) is 12.1 Å². The number of rotatable bonds is 4. The first-order chi connectivity index (χ1) is 8.80. The van der Waals surface area contributed by atoms with Crippen LogP contribution in [0.15, 0.2) is 24.3 Å². The smallest absolute Gasteiger partial charge is 0.408 e. The molecule has 0 aliphatic heterocycles. The molecule has 0 aliphatic carbocycles. The van der Waals surface area contributed by atoms with Gasteiger partial charge in [0, 0.05) is 0 Å². The topological polar surface area (TPSA) is 75.6 Å². The number of nitrogens with one attached hydrogen (secondary N) is 1. The van der Waals surface area contributed by atoms with Crippen molar-refractivity contribution in [2.75, 3.05) is 0 Å². The molecule has 2 N–H and O–H groups in total. The molecule has 1 aromatic carbocycles. The van der Waals surface area contributed by atoms with Gasteiger partial charge in [0.15, 0.2) is 0 Å². The molecule has 0 heterocycles. The molecule has 104 valence electrons. The Morgan fingerprint density at radius 1 is 1.37 bits per heavy atom. The molecule has 1 atom stereocenters. The lowest BCUT2D eigenvalue weighted by molar-refractivity contribution is -0.109. The Hall–Kier alpha value is -2.04. The van der Waals surface area contributed by atoms with Crippen LogP contribution in [0.5, 0.6) is 5.75 Å². The van der Waals surface area contributed by atoms with Crippen molar-refractivity contribution in [3.05, 3.63) is 29.8 Å². The van der Waals surface area contributed by atoms with E-state index in [1.807, 2.05) is 0 Å². The van der Waals surface area contributed by atoms with E-state index in [9.17, 15) is 9.59 Å². The molecule has 5 heteroatoms. The SMILES string of the molecule is CC(C)(C)OC(=O)NC(C=O)Cc1ccc(O)cc1. The van der Waals surface area contributed by atoms with Crippen LogP contribution in [-0.2, 0) is 16.0 Å². The molecular weight excluding hydrogens is 246 g/mol. The molecule has 1 rings (SSSR count). The van der Waals surface area contributed by atoms with Crippen molar-refractivity contribution in [2.24, 2.45) is 0 Å². The number of carbonyl (C=O) groups excluding carboxylic acids is 2. The Labute approximate surface area is 112 Å². The summed E-state index contributed by atoms with van der Waals surface area (Å²) in [7, 11) is 0. The summed E-state index contributed by atoms with van der Waals surface area (Å²) in [5.41, 5.74) is 0.238. The second-order valence-electron chi connectivity index (χ2n) is 5.26. The normalized spacial score (nSPS) is 12.6. The fourth-order valence-electron chi connectivity index (χ4n) is 1.48. The van der Waals surface area contributed by atoms with Gasteiger partial charge in [-0.25, -0.2) is 4.79 Å². The number of ether oxygens (including phenoxy) is 1. The van der Waals surface area contributed by atoms with Crippen molar-refractivity contribution in [3.63, 3.8) is 0 Å². The maximum Gasteiger partial charge on any atom is 0.408 e. The maximum absolute atomic E-state index is 11.5. The summed E-state index contributed by atoms with van der Waals surface area (Å²) in [5.74, 6) is 0.159. The molecule has 0 aliphatic rings. The first-order valence-corrected chi connectivity index (χ1v) is 6.03. The molecule has 0 fully saturated rings. The Morgan fingerprint density at radius 2 is 1.95 bits per heavy atom. The van der Waals surface area contributed by atoms with E-state index in [4.69, 9.17) is 9.84 Å². The third kappa shape index (κ3) is 5.90. The number of aromatic hydroxyl groups is 1. The summed E-state index contributed by atoms with van der Waals surface area (Å²) in [4.78, 5) is 22.5. The van der Waals surface area contributed by atoms with Gasteiger partial charge < -0.3 is 20.0 Å². The van der Waals surface area contributed by atoms with E-state index in [0.29, 0.717) is 12.7 Å². The summed E-state index contributed by atoms with van der Waals surface area (Å²) in [6.07, 6.45) is 0.392. The summed E-state index contributed by atoms with van der Waals surface area (Å²) in [5, 5.41) is 11.7. The third-order valence-electron chi connectivity index (χ3n) is 2.26. The number of hydrogen-bond acceptors (Lipinski definition) is 4. The van der Waals surface area contributed by atoms with Crippen LogP contribution in [0.1, 0.15) is 26.3 Å². The highest BCUT2D eigenvalue weighted by Crippen LogP contribution is 2.11. The van der Waals surface area contributed by atoms with Crippen LogP contribution >= 0.6 is 0 Å². The lowest BCUT2D eigenvalue weighted by Crippen LogP contribution is -2.41. The van der Waals surface area contributed by atoms with Gasteiger partial charge in [-0.1, -0.05) is 12.1 Å². The van der Waals surface area contributed by atoms with Crippen LogP contribution in [0, 0.1) is 0 Å². The first kappa shape index (κ1) is 15.0. The Kier molecular flexibility index (Phi) is 4.92. The fourth-order valence-corrected chi connectivity index (χ4v) is 1.48. The summed E-state index contributed by atoms with van der Waals surface area (Å²) >= 11 is 0. The van der Waals surface area contributed by atoms with Crippen molar-refractivity contribution < 1.29 is 19.4 Å². The zero-order valence-corrected chi connectivity index (χ0v) is 11.3. The third-order valence-corrected chi connectivity index (χ3v) is 2.26. The van der Waals surface area contributed by atoms with Gasteiger partial charge in [0.1, 0.15) is 17.6 Å². The molecular formula is C14H19NO4. The van der Waals surface area contributed by atoms with Crippen molar-refractivity contribution in [1.29, 1.82) is 0 Å². The number of phenolic OH excluding ortho intramolecular Hbond substituents is 1. The van der Waals surface area contributed by atoms with Crippen LogP contribution in [-0.4, -0.2) is 29.1 Å². The van der Waals surface area contributed by atoms with Gasteiger partial charge >= 0.3 is 6.09 Å². The number of amides is 1. The lowest BCUT2D eigenvalue weighted by atomic mass is 10.1. The fraction of sp³-hybridized carbons (Fsp3) is 0.429. The number of hydrogen-bond donors (Lipinski definition) is 2. The van der Waals surface area contributed by atoms with Crippen molar-refractivity contribution in [1.82, 2.24) is 5.32 Å². The Balaban J connectivity index is 2.57. The second-order valence-corrected chi connectivity index (χ2v) is 5.26. The standard InChI is InChI=1S/C14H19NO4/c1-14(2,3)19-13(18)15-11(9-16)8-10-4-6-12(17)7-5-10/h4-7,9,11,17H,8H2,1-3H3,(H,15,18). The minimum absolute atomic E-state index is 0.159. The number of aldehydes is 1. The lowest BCUT2D eigenvalue weighted by Gasteiger charge is -2.21. The average molecular weight is 265 g/mol. The number of phenols is 1. The molecule has 5 nitrogen and oxygen atoms in total. The number of benzene rings is 1. The number of alkyl carbamates (subject to hydrolysis) is 1. The van der Waals surface area contributed by atoms with Gasteiger partial charge in [0.25, 0.3) is 0 Å². The predicted molar refractivity (Wildman–Crippen MR) is 71.0 cm³/mol. The van der Waals surface area contributed by atoms with Crippen molar-refractivity contribution in [3.8, 4) is 5.75 Å². The van der Waals surface area contributed by atoms with Crippen molar-refractivity contribution >= 4 is 12.4 Å². The highest BCUT2D eigenvalue weighted by Gasteiger charge is 2.19. The Morgan fingerprint density at radius 3 is 2.42 bits per heavy atom. The average Bonchev–Trinajstić information content (AvgIpc) is 2.28. The van der Waals surface area contributed by atoms with Crippen LogP contribution in [0.2, 0.25) is 0 Å². The molecule has 0 spiro atoms. The summed E-state index contributed by atoms with van der Waals surface area (Å²) in [6, 6.07) is 5.81. The molecule has 1 amide bonds. The monoisotopic (exact) mass is 265 g/mol. The van der Waals surface area contributed by atoms with Gasteiger partial charge in [-0.3, -0.25) is 0 Å².